The Kier molecular flexibility index (Phi) is 5.32. The molecule has 0 saturated heterocycles. The molecule has 0 fully saturated rings. The normalized spacial score (nSPS) is 12.6. The molecule has 0 aliphatic carbocycles. The largest absolute Gasteiger partial charge is 0.469 e. The Morgan fingerprint density at radius 1 is 1.26 bits per heavy atom. The predicted molar refractivity (Wildman–Crippen MR) is 79.9 cm³/mol. The number of halogens is 2. The van der Waals surface area contributed by atoms with E-state index in [4.69, 9.17) is 27.6 Å². The summed E-state index contributed by atoms with van der Waals surface area (Å²) < 4.78 is 5.42. The van der Waals surface area contributed by atoms with Gasteiger partial charge in [-0.2, -0.15) is 0 Å². The summed E-state index contributed by atoms with van der Waals surface area (Å²) in [4.78, 5) is 0. The Morgan fingerprint density at radius 3 is 2.74 bits per heavy atom. The quantitative estimate of drug-likeness (QED) is 0.823. The maximum Gasteiger partial charge on any atom is 0.105 e. The van der Waals surface area contributed by atoms with Gasteiger partial charge in [-0.1, -0.05) is 36.2 Å². The highest BCUT2D eigenvalue weighted by Crippen LogP contribution is 2.28. The Labute approximate surface area is 123 Å². The average molecular weight is 298 g/mol. The summed E-state index contributed by atoms with van der Waals surface area (Å²) in [7, 11) is 0. The molecular weight excluding hydrogens is 281 g/mol. The molecule has 0 radical (unpaired) electrons. The van der Waals surface area contributed by atoms with E-state index >= 15 is 0 Å². The molecule has 0 bridgehead atoms. The summed E-state index contributed by atoms with van der Waals surface area (Å²) in [6.45, 7) is 3.07. The van der Waals surface area contributed by atoms with Crippen LogP contribution in [0.5, 0.6) is 0 Å². The number of furan rings is 1. The van der Waals surface area contributed by atoms with Gasteiger partial charge < -0.3 is 9.73 Å². The molecule has 1 aromatic heterocycles. The first-order valence-corrected chi connectivity index (χ1v) is 7.17. The fraction of sp³-hybridized carbons (Fsp3) is 0.333. The van der Waals surface area contributed by atoms with E-state index in [9.17, 15) is 0 Å². The summed E-state index contributed by atoms with van der Waals surface area (Å²) in [6, 6.07) is 9.63. The predicted octanol–water partition coefficient (Wildman–Crippen LogP) is 4.87. The van der Waals surface area contributed by atoms with Crippen molar-refractivity contribution in [2.45, 2.75) is 25.8 Å². The third-order valence-corrected chi connectivity index (χ3v) is 3.53. The molecule has 1 unspecified atom stereocenters. The minimum atomic E-state index is 0.135. The first-order chi connectivity index (χ1) is 9.20. The molecule has 1 aromatic carbocycles. The number of rotatable bonds is 6. The van der Waals surface area contributed by atoms with Crippen LogP contribution < -0.4 is 5.32 Å². The van der Waals surface area contributed by atoms with Crippen LogP contribution in [0.25, 0.3) is 0 Å². The van der Waals surface area contributed by atoms with Crippen LogP contribution in [0.3, 0.4) is 0 Å². The van der Waals surface area contributed by atoms with E-state index in [0.717, 1.165) is 30.7 Å². The second-order valence-corrected chi connectivity index (χ2v) is 5.30. The monoisotopic (exact) mass is 297 g/mol. The Bertz CT molecular complexity index is 511. The van der Waals surface area contributed by atoms with Gasteiger partial charge in [-0.25, -0.2) is 0 Å². The highest BCUT2D eigenvalue weighted by Gasteiger charge is 2.16. The molecule has 0 saturated carbocycles. The van der Waals surface area contributed by atoms with E-state index in [1.165, 1.54) is 0 Å². The van der Waals surface area contributed by atoms with Crippen molar-refractivity contribution in [2.24, 2.45) is 0 Å². The maximum absolute atomic E-state index is 6.29. The second kappa shape index (κ2) is 6.99. The van der Waals surface area contributed by atoms with Crippen LogP contribution in [-0.4, -0.2) is 6.54 Å². The highest BCUT2D eigenvalue weighted by atomic mass is 35.5. The molecule has 2 rings (SSSR count). The Morgan fingerprint density at radius 2 is 2.11 bits per heavy atom. The van der Waals surface area contributed by atoms with Crippen LogP contribution >= 0.6 is 23.2 Å². The maximum atomic E-state index is 6.29. The van der Waals surface area contributed by atoms with Gasteiger partial charge in [0.2, 0.25) is 0 Å². The first kappa shape index (κ1) is 14.4. The third kappa shape index (κ3) is 4.00. The first-order valence-electron chi connectivity index (χ1n) is 6.41. The van der Waals surface area contributed by atoms with Gasteiger partial charge in [-0.3, -0.25) is 0 Å². The van der Waals surface area contributed by atoms with Crippen molar-refractivity contribution in [1.82, 2.24) is 5.32 Å². The standard InChI is InChI=1S/C15H17Cl2NO/c1-2-7-18-15(10-12-4-3-8-19-12)13-6-5-11(16)9-14(13)17/h3-6,8-9,15,18H,2,7,10H2,1H3. The van der Waals surface area contributed by atoms with E-state index in [-0.39, 0.29) is 6.04 Å². The van der Waals surface area contributed by atoms with Gasteiger partial charge >= 0.3 is 0 Å². The second-order valence-electron chi connectivity index (χ2n) is 4.46. The lowest BCUT2D eigenvalue weighted by atomic mass is 10.0. The van der Waals surface area contributed by atoms with E-state index in [1.54, 1.807) is 12.3 Å². The SMILES string of the molecule is CCCNC(Cc1ccco1)c1ccc(Cl)cc1Cl. The molecule has 4 heteroatoms. The lowest BCUT2D eigenvalue weighted by Crippen LogP contribution is -2.24. The molecule has 19 heavy (non-hydrogen) atoms. The van der Waals surface area contributed by atoms with Crippen molar-refractivity contribution in [2.75, 3.05) is 6.54 Å². The molecule has 2 nitrogen and oxygen atoms in total. The molecule has 2 aromatic rings. The minimum Gasteiger partial charge on any atom is -0.469 e. The van der Waals surface area contributed by atoms with Gasteiger partial charge in [-0.05, 0) is 42.8 Å². The van der Waals surface area contributed by atoms with Crippen LogP contribution in [0.1, 0.15) is 30.7 Å². The zero-order valence-electron chi connectivity index (χ0n) is 10.8. The smallest absolute Gasteiger partial charge is 0.105 e. The van der Waals surface area contributed by atoms with Gasteiger partial charge in [0.25, 0.3) is 0 Å². The number of hydrogen-bond acceptors (Lipinski definition) is 2. The molecule has 0 spiro atoms. The topological polar surface area (TPSA) is 25.2 Å². The zero-order valence-corrected chi connectivity index (χ0v) is 12.3. The van der Waals surface area contributed by atoms with Gasteiger partial charge in [0.15, 0.2) is 0 Å². The van der Waals surface area contributed by atoms with E-state index < -0.39 is 0 Å². The molecule has 1 heterocycles. The highest BCUT2D eigenvalue weighted by molar-refractivity contribution is 6.35. The van der Waals surface area contributed by atoms with Crippen LogP contribution in [0.2, 0.25) is 10.0 Å². The van der Waals surface area contributed by atoms with Crippen LogP contribution in [-0.2, 0) is 6.42 Å². The fourth-order valence-electron chi connectivity index (χ4n) is 2.02. The number of nitrogens with one attached hydrogen (secondary N) is 1. The lowest BCUT2D eigenvalue weighted by Gasteiger charge is -2.19. The molecule has 1 atom stereocenters. The fourth-order valence-corrected chi connectivity index (χ4v) is 2.56. The minimum absolute atomic E-state index is 0.135. The summed E-state index contributed by atoms with van der Waals surface area (Å²) in [5, 5.41) is 4.84. The molecule has 0 aliphatic rings. The summed E-state index contributed by atoms with van der Waals surface area (Å²) in [5.74, 6) is 0.944. The van der Waals surface area contributed by atoms with Crippen LogP contribution in [0.4, 0.5) is 0 Å². The zero-order chi connectivity index (χ0) is 13.7. The van der Waals surface area contributed by atoms with E-state index in [1.807, 2.05) is 24.3 Å². The lowest BCUT2D eigenvalue weighted by molar-refractivity contribution is 0.449. The van der Waals surface area contributed by atoms with Gasteiger partial charge in [0.05, 0.1) is 6.26 Å². The van der Waals surface area contributed by atoms with Crippen molar-refractivity contribution in [3.63, 3.8) is 0 Å². The van der Waals surface area contributed by atoms with Gasteiger partial charge in [0, 0.05) is 22.5 Å². The molecule has 1 N–H and O–H groups in total. The molecular formula is C15H17Cl2NO. The van der Waals surface area contributed by atoms with Gasteiger partial charge in [0.1, 0.15) is 5.76 Å². The van der Waals surface area contributed by atoms with Crippen molar-refractivity contribution in [3.05, 3.63) is 58.0 Å². The van der Waals surface area contributed by atoms with Crippen molar-refractivity contribution >= 4 is 23.2 Å². The molecule has 0 aliphatic heterocycles. The van der Waals surface area contributed by atoms with Crippen LogP contribution in [0, 0.1) is 0 Å². The number of benzene rings is 1. The van der Waals surface area contributed by atoms with Crippen molar-refractivity contribution in [1.29, 1.82) is 0 Å². The Balaban J connectivity index is 2.20. The molecule has 102 valence electrons. The van der Waals surface area contributed by atoms with E-state index in [2.05, 4.69) is 12.2 Å². The number of hydrogen-bond donors (Lipinski definition) is 1. The Hall–Kier alpha value is -0.960. The van der Waals surface area contributed by atoms with E-state index in [0.29, 0.717) is 10.0 Å². The van der Waals surface area contributed by atoms with Crippen molar-refractivity contribution < 1.29 is 4.42 Å². The average Bonchev–Trinajstić information content (AvgIpc) is 2.88. The molecule has 0 amide bonds. The van der Waals surface area contributed by atoms with Crippen molar-refractivity contribution in [3.8, 4) is 0 Å². The summed E-state index contributed by atoms with van der Waals surface area (Å²) in [6.07, 6.45) is 3.53. The summed E-state index contributed by atoms with van der Waals surface area (Å²) >= 11 is 12.2. The third-order valence-electron chi connectivity index (χ3n) is 2.96. The van der Waals surface area contributed by atoms with Gasteiger partial charge in [-0.15, -0.1) is 0 Å². The van der Waals surface area contributed by atoms with Crippen LogP contribution in [0.15, 0.2) is 41.0 Å². The summed E-state index contributed by atoms with van der Waals surface area (Å²) in [5.41, 5.74) is 1.05.